The monoisotopic (exact) mass is 267 g/mol. The predicted molar refractivity (Wildman–Crippen MR) is 69.6 cm³/mol. The van der Waals surface area contributed by atoms with Crippen LogP contribution < -0.4 is 5.32 Å². The lowest BCUT2D eigenvalue weighted by Crippen LogP contribution is -2.35. The Hall–Kier alpha value is -1.36. The van der Waals surface area contributed by atoms with Gasteiger partial charge in [0.2, 0.25) is 5.91 Å². The molecular weight excluding hydrogens is 250 g/mol. The summed E-state index contributed by atoms with van der Waals surface area (Å²) in [4.78, 5) is 24.9. The summed E-state index contributed by atoms with van der Waals surface area (Å²) in [5, 5.41) is 11.7. The van der Waals surface area contributed by atoms with Crippen molar-refractivity contribution in [3.63, 3.8) is 0 Å². The molecule has 4 nitrogen and oxygen atoms in total. The first-order valence-electron chi connectivity index (χ1n) is 6.06. The lowest BCUT2D eigenvalue weighted by Gasteiger charge is -2.12. The number of amides is 1. The number of carboxylic acid groups (broad SMARTS) is 1. The summed E-state index contributed by atoms with van der Waals surface area (Å²) in [7, 11) is 0. The normalized spacial score (nSPS) is 23.4. The van der Waals surface area contributed by atoms with Gasteiger partial charge in [-0.1, -0.05) is 0 Å². The van der Waals surface area contributed by atoms with E-state index in [2.05, 4.69) is 24.4 Å². The van der Waals surface area contributed by atoms with E-state index in [0.717, 1.165) is 6.42 Å². The van der Waals surface area contributed by atoms with Crippen molar-refractivity contribution in [3.05, 3.63) is 21.9 Å². The molecule has 1 aromatic heterocycles. The fourth-order valence-corrected chi connectivity index (χ4v) is 3.07. The van der Waals surface area contributed by atoms with Crippen molar-refractivity contribution in [2.24, 2.45) is 11.8 Å². The minimum Gasteiger partial charge on any atom is -0.481 e. The number of rotatable bonds is 5. The molecule has 1 saturated carbocycles. The molecule has 18 heavy (non-hydrogen) atoms. The van der Waals surface area contributed by atoms with E-state index in [0.29, 0.717) is 6.42 Å². The lowest BCUT2D eigenvalue weighted by molar-refractivity contribution is -0.140. The summed E-state index contributed by atoms with van der Waals surface area (Å²) in [6, 6.07) is 4.18. The van der Waals surface area contributed by atoms with Crippen LogP contribution in [0.5, 0.6) is 0 Å². The third kappa shape index (κ3) is 3.10. The van der Waals surface area contributed by atoms with Crippen LogP contribution in [0.2, 0.25) is 0 Å². The molecular formula is C13H17NO3S. The van der Waals surface area contributed by atoms with Crippen LogP contribution >= 0.6 is 11.3 Å². The molecule has 1 amide bonds. The summed E-state index contributed by atoms with van der Waals surface area (Å²) >= 11 is 1.73. The van der Waals surface area contributed by atoms with E-state index in [1.165, 1.54) is 9.75 Å². The number of thiophene rings is 1. The Balaban J connectivity index is 1.79. The fraction of sp³-hybridized carbons (Fsp3) is 0.538. The van der Waals surface area contributed by atoms with Gasteiger partial charge in [-0.25, -0.2) is 0 Å². The maximum Gasteiger partial charge on any atom is 0.307 e. The second-order valence-electron chi connectivity index (χ2n) is 4.91. The van der Waals surface area contributed by atoms with Crippen molar-refractivity contribution >= 4 is 23.2 Å². The molecule has 0 spiro atoms. The topological polar surface area (TPSA) is 66.4 Å². The summed E-state index contributed by atoms with van der Waals surface area (Å²) in [5.41, 5.74) is 0. The van der Waals surface area contributed by atoms with Crippen LogP contribution in [0.15, 0.2) is 12.1 Å². The van der Waals surface area contributed by atoms with Crippen LogP contribution in [-0.4, -0.2) is 23.0 Å². The summed E-state index contributed by atoms with van der Waals surface area (Å²) in [5.74, 6) is -1.78. The van der Waals surface area contributed by atoms with Gasteiger partial charge in [0.15, 0.2) is 0 Å². The SMILES string of the molecule is Cc1ccc(CC(C)NC(=O)[C@@H]2C[C@@H]2C(=O)O)s1. The van der Waals surface area contributed by atoms with Crippen LogP contribution in [0.1, 0.15) is 23.1 Å². The number of hydrogen-bond acceptors (Lipinski definition) is 3. The molecule has 1 heterocycles. The van der Waals surface area contributed by atoms with E-state index in [1.54, 1.807) is 11.3 Å². The third-order valence-corrected chi connectivity index (χ3v) is 4.16. The van der Waals surface area contributed by atoms with Gasteiger partial charge in [0, 0.05) is 22.2 Å². The van der Waals surface area contributed by atoms with Gasteiger partial charge in [-0.15, -0.1) is 11.3 Å². The first-order valence-corrected chi connectivity index (χ1v) is 6.87. The first kappa shape index (κ1) is 13.1. The molecule has 3 atom stereocenters. The predicted octanol–water partition coefficient (Wildman–Crippen LogP) is 1.82. The molecule has 5 heteroatoms. The molecule has 98 valence electrons. The maximum absolute atomic E-state index is 11.8. The summed E-state index contributed by atoms with van der Waals surface area (Å²) in [6.45, 7) is 4.00. The number of aliphatic carboxylic acids is 1. The standard InChI is InChI=1S/C13H17NO3S/c1-7(5-9-4-3-8(2)18-9)14-12(15)10-6-11(10)13(16)17/h3-4,7,10-11H,5-6H2,1-2H3,(H,14,15)(H,16,17)/t7?,10-,11+/m1/s1. The van der Waals surface area contributed by atoms with E-state index < -0.39 is 11.9 Å². The lowest BCUT2D eigenvalue weighted by atomic mass is 10.2. The van der Waals surface area contributed by atoms with Crippen LogP contribution in [0, 0.1) is 18.8 Å². The van der Waals surface area contributed by atoms with E-state index in [9.17, 15) is 9.59 Å². The Kier molecular flexibility index (Phi) is 3.71. The highest BCUT2D eigenvalue weighted by Gasteiger charge is 2.48. The Labute approximate surface area is 110 Å². The third-order valence-electron chi connectivity index (χ3n) is 3.14. The van der Waals surface area contributed by atoms with E-state index in [1.807, 2.05) is 6.92 Å². The Morgan fingerprint density at radius 3 is 2.72 bits per heavy atom. The van der Waals surface area contributed by atoms with E-state index in [-0.39, 0.29) is 17.9 Å². The molecule has 0 aromatic carbocycles. The molecule has 0 aliphatic heterocycles. The molecule has 0 radical (unpaired) electrons. The number of carboxylic acids is 1. The second-order valence-corrected chi connectivity index (χ2v) is 6.29. The van der Waals surface area contributed by atoms with Crippen LogP contribution in [0.25, 0.3) is 0 Å². The maximum atomic E-state index is 11.8. The van der Waals surface area contributed by atoms with Gasteiger partial charge in [0.25, 0.3) is 0 Å². The Morgan fingerprint density at radius 2 is 2.22 bits per heavy atom. The molecule has 2 rings (SSSR count). The fourth-order valence-electron chi connectivity index (χ4n) is 2.06. The highest BCUT2D eigenvalue weighted by molar-refractivity contribution is 7.11. The highest BCUT2D eigenvalue weighted by atomic mass is 32.1. The summed E-state index contributed by atoms with van der Waals surface area (Å²) < 4.78 is 0. The van der Waals surface area contributed by atoms with Crippen molar-refractivity contribution in [1.82, 2.24) is 5.32 Å². The van der Waals surface area contributed by atoms with Gasteiger partial charge in [-0.3, -0.25) is 9.59 Å². The van der Waals surface area contributed by atoms with Crippen molar-refractivity contribution in [2.75, 3.05) is 0 Å². The second kappa shape index (κ2) is 5.10. The molecule has 0 bridgehead atoms. The van der Waals surface area contributed by atoms with Crippen LogP contribution in [0.3, 0.4) is 0 Å². The number of carbonyl (C=O) groups excluding carboxylic acids is 1. The minimum absolute atomic E-state index is 0.0468. The number of nitrogens with one attached hydrogen (secondary N) is 1. The molecule has 1 aromatic rings. The van der Waals surface area contributed by atoms with Gasteiger partial charge in [0.1, 0.15) is 0 Å². The minimum atomic E-state index is -0.864. The van der Waals surface area contributed by atoms with Crippen LogP contribution in [-0.2, 0) is 16.0 Å². The Morgan fingerprint density at radius 1 is 1.50 bits per heavy atom. The van der Waals surface area contributed by atoms with Gasteiger partial charge >= 0.3 is 5.97 Å². The average Bonchev–Trinajstić information content (AvgIpc) is 2.98. The van der Waals surface area contributed by atoms with E-state index >= 15 is 0 Å². The van der Waals surface area contributed by atoms with Gasteiger partial charge in [-0.2, -0.15) is 0 Å². The van der Waals surface area contributed by atoms with Gasteiger partial charge in [0.05, 0.1) is 11.8 Å². The molecule has 1 aliphatic rings. The van der Waals surface area contributed by atoms with Gasteiger partial charge < -0.3 is 10.4 Å². The zero-order valence-electron chi connectivity index (χ0n) is 10.5. The number of carbonyl (C=O) groups is 2. The first-order chi connectivity index (χ1) is 8.47. The van der Waals surface area contributed by atoms with E-state index in [4.69, 9.17) is 5.11 Å². The largest absolute Gasteiger partial charge is 0.481 e. The highest BCUT2D eigenvalue weighted by Crippen LogP contribution is 2.38. The number of aryl methyl sites for hydroxylation is 1. The Bertz CT molecular complexity index is 469. The zero-order chi connectivity index (χ0) is 13.3. The van der Waals surface area contributed by atoms with Crippen molar-refractivity contribution in [3.8, 4) is 0 Å². The quantitative estimate of drug-likeness (QED) is 0.855. The smallest absolute Gasteiger partial charge is 0.307 e. The van der Waals surface area contributed by atoms with Crippen molar-refractivity contribution < 1.29 is 14.7 Å². The molecule has 1 aliphatic carbocycles. The molecule has 0 saturated heterocycles. The molecule has 2 N–H and O–H groups in total. The van der Waals surface area contributed by atoms with Crippen LogP contribution in [0.4, 0.5) is 0 Å². The van der Waals surface area contributed by atoms with Crippen molar-refractivity contribution in [1.29, 1.82) is 0 Å². The number of hydrogen-bond donors (Lipinski definition) is 2. The average molecular weight is 267 g/mol. The molecule has 1 fully saturated rings. The van der Waals surface area contributed by atoms with Gasteiger partial charge in [-0.05, 0) is 32.4 Å². The summed E-state index contributed by atoms with van der Waals surface area (Å²) in [6.07, 6.45) is 1.28. The van der Waals surface area contributed by atoms with Crippen molar-refractivity contribution in [2.45, 2.75) is 32.7 Å². The molecule has 1 unspecified atom stereocenters. The zero-order valence-corrected chi connectivity index (χ0v) is 11.3.